The van der Waals surface area contributed by atoms with Crippen molar-refractivity contribution in [1.29, 1.82) is 5.26 Å². The lowest BCUT2D eigenvalue weighted by atomic mass is 9.51. The molecule has 6 heteroatoms. The summed E-state index contributed by atoms with van der Waals surface area (Å²) in [6, 6.07) is 12.6. The third-order valence-corrected chi connectivity index (χ3v) is 7.11. The van der Waals surface area contributed by atoms with E-state index in [4.69, 9.17) is 5.10 Å². The molecule has 1 unspecified atom stereocenters. The maximum absolute atomic E-state index is 12.9. The summed E-state index contributed by atoms with van der Waals surface area (Å²) < 4.78 is 1.92. The van der Waals surface area contributed by atoms with Crippen LogP contribution in [0.25, 0.3) is 11.3 Å². The summed E-state index contributed by atoms with van der Waals surface area (Å²) in [6.45, 7) is 1.99. The zero-order valence-electron chi connectivity index (χ0n) is 17.1. The van der Waals surface area contributed by atoms with E-state index in [0.29, 0.717) is 6.42 Å². The molecule has 6 nitrogen and oxygen atoms in total. The Morgan fingerprint density at radius 3 is 2.63 bits per heavy atom. The van der Waals surface area contributed by atoms with Gasteiger partial charge in [-0.25, -0.2) is 9.97 Å². The summed E-state index contributed by atoms with van der Waals surface area (Å²) in [4.78, 5) is 21.3. The van der Waals surface area contributed by atoms with Gasteiger partial charge in [-0.3, -0.25) is 9.48 Å². The van der Waals surface area contributed by atoms with Gasteiger partial charge in [0, 0.05) is 41.9 Å². The van der Waals surface area contributed by atoms with Gasteiger partial charge in [-0.15, -0.1) is 0 Å². The monoisotopic (exact) mass is 397 g/mol. The van der Waals surface area contributed by atoms with E-state index in [0.717, 1.165) is 35.4 Å². The van der Waals surface area contributed by atoms with Gasteiger partial charge in [0.05, 0.1) is 17.5 Å². The van der Waals surface area contributed by atoms with Gasteiger partial charge in [0.1, 0.15) is 12.2 Å². The maximum Gasteiger partial charge on any atom is 0.153 e. The topological polar surface area (TPSA) is 84.5 Å². The Balaban J connectivity index is 1.79. The molecule has 4 atom stereocenters. The van der Waals surface area contributed by atoms with E-state index in [1.165, 1.54) is 11.9 Å². The quantitative estimate of drug-likeness (QED) is 0.661. The number of nitriles is 1. The number of Topliss-reactive ketones (excluding diaryl/α,β-unsaturated/α-hetero) is 1. The lowest BCUT2D eigenvalue weighted by Crippen LogP contribution is -2.52. The highest BCUT2D eigenvalue weighted by Gasteiger charge is 2.57. The SMILES string of the molecule is C[C@@H]1C(=O)C(C#N)C[C@]2(c3ccccc3)c3nn(C)c(-c4cncnc4)c3CC[C@@H]12. The number of carbonyl (C=O) groups excluding carboxylic acids is 1. The number of fused-ring (bicyclic) bond motifs is 3. The molecule has 0 aliphatic heterocycles. The minimum Gasteiger partial charge on any atom is -0.298 e. The highest BCUT2D eigenvalue weighted by molar-refractivity contribution is 5.87. The van der Waals surface area contributed by atoms with Gasteiger partial charge in [-0.1, -0.05) is 37.3 Å². The van der Waals surface area contributed by atoms with Gasteiger partial charge in [0.2, 0.25) is 0 Å². The Hall–Kier alpha value is -3.33. The number of carbonyl (C=O) groups is 1. The highest BCUT2D eigenvalue weighted by Crippen LogP contribution is 2.56. The molecule has 0 N–H and O–H groups in total. The van der Waals surface area contributed by atoms with Crippen LogP contribution in [0.3, 0.4) is 0 Å². The molecule has 150 valence electrons. The van der Waals surface area contributed by atoms with Crippen molar-refractivity contribution < 1.29 is 4.79 Å². The van der Waals surface area contributed by atoms with Crippen LogP contribution in [0.4, 0.5) is 0 Å². The molecule has 30 heavy (non-hydrogen) atoms. The number of aryl methyl sites for hydroxylation is 1. The second kappa shape index (κ2) is 6.88. The third-order valence-electron chi connectivity index (χ3n) is 7.11. The van der Waals surface area contributed by atoms with E-state index in [9.17, 15) is 10.1 Å². The summed E-state index contributed by atoms with van der Waals surface area (Å²) in [6.07, 6.45) is 7.38. The van der Waals surface area contributed by atoms with Gasteiger partial charge in [-0.2, -0.15) is 10.4 Å². The Morgan fingerprint density at radius 2 is 1.93 bits per heavy atom. The fraction of sp³-hybridized carbons (Fsp3) is 0.375. The van der Waals surface area contributed by atoms with E-state index in [2.05, 4.69) is 28.2 Å². The van der Waals surface area contributed by atoms with Crippen molar-refractivity contribution in [2.75, 3.05) is 0 Å². The summed E-state index contributed by atoms with van der Waals surface area (Å²) >= 11 is 0. The third kappa shape index (κ3) is 2.48. The standard InChI is InChI=1S/C24H23N5O/c1-15-20-9-8-19-21(17-12-26-14-27-13-17)29(2)28-23(19)24(20,10-16(11-25)22(15)30)18-6-4-3-5-7-18/h3-7,12-16,20H,8-10H2,1-2H3/t15-,16?,20-,24+/m0/s1. The zero-order valence-corrected chi connectivity index (χ0v) is 17.1. The van der Waals surface area contributed by atoms with Gasteiger partial charge >= 0.3 is 0 Å². The first-order valence-corrected chi connectivity index (χ1v) is 10.4. The van der Waals surface area contributed by atoms with Crippen LogP contribution < -0.4 is 0 Å². The average Bonchev–Trinajstić information content (AvgIpc) is 3.13. The van der Waals surface area contributed by atoms with Gasteiger partial charge in [0.25, 0.3) is 0 Å². The van der Waals surface area contributed by atoms with Crippen LogP contribution in [0.15, 0.2) is 49.1 Å². The normalized spacial score (nSPS) is 27.8. The summed E-state index contributed by atoms with van der Waals surface area (Å²) in [5, 5.41) is 14.8. The first kappa shape index (κ1) is 18.7. The molecule has 2 aromatic heterocycles. The molecule has 0 radical (unpaired) electrons. The smallest absolute Gasteiger partial charge is 0.153 e. The highest BCUT2D eigenvalue weighted by atomic mass is 16.1. The number of nitrogens with zero attached hydrogens (tertiary/aromatic N) is 5. The van der Waals surface area contributed by atoms with Crippen LogP contribution in [0, 0.1) is 29.1 Å². The molecular formula is C24H23N5O. The molecule has 2 aliphatic carbocycles. The van der Waals surface area contributed by atoms with Crippen molar-refractivity contribution in [3.63, 3.8) is 0 Å². The molecule has 0 saturated heterocycles. The molecule has 1 aromatic carbocycles. The number of ketones is 1. The molecule has 0 spiro atoms. The minimum atomic E-state index is -0.618. The number of hydrogen-bond acceptors (Lipinski definition) is 5. The average molecular weight is 397 g/mol. The number of aromatic nitrogens is 4. The van der Waals surface area contributed by atoms with E-state index >= 15 is 0 Å². The molecule has 0 amide bonds. The molecule has 5 rings (SSSR count). The second-order valence-corrected chi connectivity index (χ2v) is 8.49. The Labute approximate surface area is 175 Å². The van der Waals surface area contributed by atoms with E-state index in [-0.39, 0.29) is 17.6 Å². The van der Waals surface area contributed by atoms with E-state index in [1.54, 1.807) is 0 Å². The Bertz CT molecular complexity index is 1150. The lowest BCUT2D eigenvalue weighted by molar-refractivity contribution is -0.131. The minimum absolute atomic E-state index is 0.0742. The molecule has 2 heterocycles. The van der Waals surface area contributed by atoms with Gasteiger partial charge in [0.15, 0.2) is 5.78 Å². The van der Waals surface area contributed by atoms with Crippen molar-refractivity contribution >= 4 is 5.78 Å². The molecule has 1 fully saturated rings. The number of rotatable bonds is 2. The predicted octanol–water partition coefficient (Wildman–Crippen LogP) is 3.47. The summed E-state index contributed by atoms with van der Waals surface area (Å²) in [5.41, 5.74) is 4.85. The Kier molecular flexibility index (Phi) is 4.28. The Morgan fingerprint density at radius 1 is 1.20 bits per heavy atom. The molecule has 2 aliphatic rings. The molecule has 1 saturated carbocycles. The van der Waals surface area contributed by atoms with Crippen LogP contribution in [0.1, 0.15) is 36.6 Å². The lowest BCUT2D eigenvalue weighted by Gasteiger charge is -2.50. The van der Waals surface area contributed by atoms with Gasteiger partial charge < -0.3 is 0 Å². The first-order chi connectivity index (χ1) is 14.6. The molecular weight excluding hydrogens is 374 g/mol. The number of hydrogen-bond donors (Lipinski definition) is 0. The maximum atomic E-state index is 12.9. The summed E-state index contributed by atoms with van der Waals surface area (Å²) in [5.74, 6) is -0.598. The first-order valence-electron chi connectivity index (χ1n) is 10.4. The van der Waals surface area contributed by atoms with Crippen LogP contribution in [-0.2, 0) is 23.7 Å². The fourth-order valence-corrected chi connectivity index (χ4v) is 5.84. The van der Waals surface area contributed by atoms with Crippen LogP contribution in [0.5, 0.6) is 0 Å². The summed E-state index contributed by atoms with van der Waals surface area (Å²) in [7, 11) is 1.95. The second-order valence-electron chi connectivity index (χ2n) is 8.49. The molecule has 3 aromatic rings. The fourth-order valence-electron chi connectivity index (χ4n) is 5.84. The van der Waals surface area contributed by atoms with Crippen molar-refractivity contribution in [3.8, 4) is 17.3 Å². The van der Waals surface area contributed by atoms with E-state index < -0.39 is 11.3 Å². The van der Waals surface area contributed by atoms with Crippen molar-refractivity contribution in [2.45, 2.75) is 31.6 Å². The van der Waals surface area contributed by atoms with Gasteiger partial charge in [-0.05, 0) is 30.7 Å². The van der Waals surface area contributed by atoms with E-state index in [1.807, 2.05) is 49.2 Å². The number of benzene rings is 1. The van der Waals surface area contributed by atoms with Crippen LogP contribution >= 0.6 is 0 Å². The van der Waals surface area contributed by atoms with Crippen LogP contribution in [-0.4, -0.2) is 25.5 Å². The van der Waals surface area contributed by atoms with Crippen molar-refractivity contribution in [2.24, 2.45) is 24.8 Å². The predicted molar refractivity (Wildman–Crippen MR) is 111 cm³/mol. The van der Waals surface area contributed by atoms with Crippen LogP contribution in [0.2, 0.25) is 0 Å². The zero-order chi connectivity index (χ0) is 20.9. The van der Waals surface area contributed by atoms with Crippen molar-refractivity contribution in [3.05, 3.63) is 65.9 Å². The largest absolute Gasteiger partial charge is 0.298 e. The molecule has 0 bridgehead atoms. The van der Waals surface area contributed by atoms with Crippen molar-refractivity contribution in [1.82, 2.24) is 19.7 Å².